The molecule has 212 valence electrons. The minimum atomic E-state index is -0.114. The van der Waals surface area contributed by atoms with Gasteiger partial charge < -0.3 is 0 Å². The first kappa shape index (κ1) is 28.3. The van der Waals surface area contributed by atoms with Crippen LogP contribution in [0.1, 0.15) is 77.3 Å². The van der Waals surface area contributed by atoms with Crippen molar-refractivity contribution < 1.29 is 0 Å². The lowest BCUT2D eigenvalue weighted by molar-refractivity contribution is 0.559. The van der Waals surface area contributed by atoms with Crippen LogP contribution in [0.4, 0.5) is 0 Å². The molecule has 0 saturated heterocycles. The smallest absolute Gasteiger partial charge is 0.292 e. The van der Waals surface area contributed by atoms with E-state index in [4.69, 9.17) is 0 Å². The van der Waals surface area contributed by atoms with Crippen molar-refractivity contribution in [1.82, 2.24) is 29.8 Å². The highest BCUT2D eigenvalue weighted by atomic mass is 16.1. The summed E-state index contributed by atoms with van der Waals surface area (Å²) in [7, 11) is 0. The number of aromatic amines is 1. The van der Waals surface area contributed by atoms with Crippen LogP contribution in [0.5, 0.6) is 0 Å². The van der Waals surface area contributed by atoms with Gasteiger partial charge in [0.15, 0.2) is 0 Å². The highest BCUT2D eigenvalue weighted by Crippen LogP contribution is 2.36. The third-order valence-corrected chi connectivity index (χ3v) is 7.58. The minimum Gasteiger partial charge on any atom is -0.292 e. The van der Waals surface area contributed by atoms with E-state index in [1.54, 1.807) is 0 Å². The van der Waals surface area contributed by atoms with Gasteiger partial charge in [-0.25, -0.2) is 4.79 Å². The van der Waals surface area contributed by atoms with Crippen LogP contribution in [0.15, 0.2) is 77.7 Å². The molecule has 1 N–H and O–H groups in total. The first-order valence-corrected chi connectivity index (χ1v) is 14.4. The van der Waals surface area contributed by atoms with Crippen molar-refractivity contribution in [2.24, 2.45) is 0 Å². The van der Waals surface area contributed by atoms with Crippen LogP contribution in [-0.4, -0.2) is 29.8 Å². The molecule has 0 aliphatic rings. The van der Waals surface area contributed by atoms with Gasteiger partial charge in [-0.3, -0.25) is 9.13 Å². The van der Waals surface area contributed by atoms with Crippen LogP contribution < -0.4 is 5.69 Å². The number of para-hydroxylation sites is 1. The lowest BCUT2D eigenvalue weighted by atomic mass is 9.78. The van der Waals surface area contributed by atoms with Crippen LogP contribution in [0, 0.1) is 0 Å². The average molecular weight is 549 g/mol. The van der Waals surface area contributed by atoms with Crippen LogP contribution in [0.3, 0.4) is 0 Å². The Morgan fingerprint density at radius 1 is 0.805 bits per heavy atom. The van der Waals surface area contributed by atoms with E-state index in [-0.39, 0.29) is 16.5 Å². The van der Waals surface area contributed by atoms with Crippen LogP contribution in [-0.2, 0) is 23.8 Å². The van der Waals surface area contributed by atoms with Gasteiger partial charge >= 0.3 is 5.69 Å². The molecule has 0 bridgehead atoms. The van der Waals surface area contributed by atoms with E-state index in [0.717, 1.165) is 46.5 Å². The molecule has 0 unspecified atom stereocenters. The van der Waals surface area contributed by atoms with Crippen molar-refractivity contribution in [3.8, 4) is 28.2 Å². The molecule has 41 heavy (non-hydrogen) atoms. The normalized spacial score (nSPS) is 12.2. The molecule has 3 aromatic carbocycles. The number of benzene rings is 3. The van der Waals surface area contributed by atoms with Gasteiger partial charge in [0, 0.05) is 17.5 Å². The Bertz CT molecular complexity index is 1660. The second-order valence-electron chi connectivity index (χ2n) is 12.8. The standard InChI is InChI=1S/C34H40N6O/c1-8-12-25-22-40(30-28(33(2,3)4)15-11-16-29(30)34(5,6)7)32(41)39(25)21-23-17-19-24(20-18-23)26-13-9-10-14-27(26)31-35-37-38-36-31/h9-11,13-20,22H,8,12,21H2,1-7H3,(H,35,36,37,38). The zero-order valence-electron chi connectivity index (χ0n) is 25.2. The number of aromatic nitrogens is 6. The van der Waals surface area contributed by atoms with E-state index >= 15 is 0 Å². The van der Waals surface area contributed by atoms with Crippen molar-refractivity contribution in [2.75, 3.05) is 0 Å². The monoisotopic (exact) mass is 548 g/mol. The maximum absolute atomic E-state index is 14.2. The summed E-state index contributed by atoms with van der Waals surface area (Å²) < 4.78 is 3.85. The minimum absolute atomic E-state index is 0.00202. The molecule has 0 aliphatic carbocycles. The number of rotatable bonds is 7. The predicted molar refractivity (Wildman–Crippen MR) is 166 cm³/mol. The SMILES string of the molecule is CCCc1cn(-c2c(C(C)(C)C)cccc2C(C)(C)C)c(=O)n1Cc1ccc(-c2ccccc2-c2nn[nH]n2)cc1. The van der Waals surface area contributed by atoms with Crippen molar-refractivity contribution in [1.29, 1.82) is 0 Å². The van der Waals surface area contributed by atoms with Crippen molar-refractivity contribution >= 4 is 0 Å². The lowest BCUT2D eigenvalue weighted by Crippen LogP contribution is -2.29. The third kappa shape index (κ3) is 5.67. The number of hydrogen-bond donors (Lipinski definition) is 1. The number of imidazole rings is 1. The van der Waals surface area contributed by atoms with Gasteiger partial charge in [-0.1, -0.05) is 122 Å². The Morgan fingerprint density at radius 3 is 2.00 bits per heavy atom. The Kier molecular flexibility index (Phi) is 7.56. The molecule has 0 amide bonds. The quantitative estimate of drug-likeness (QED) is 0.236. The highest BCUT2D eigenvalue weighted by Gasteiger charge is 2.28. The van der Waals surface area contributed by atoms with E-state index in [1.807, 2.05) is 27.3 Å². The average Bonchev–Trinajstić information content (AvgIpc) is 3.57. The number of H-pyrrole nitrogens is 1. The molecule has 0 aliphatic heterocycles. The Hall–Kier alpha value is -4.26. The summed E-state index contributed by atoms with van der Waals surface area (Å²) in [5.41, 5.74) is 8.27. The van der Waals surface area contributed by atoms with Crippen LogP contribution in [0.2, 0.25) is 0 Å². The first-order valence-electron chi connectivity index (χ1n) is 14.4. The highest BCUT2D eigenvalue weighted by molar-refractivity contribution is 5.80. The first-order chi connectivity index (χ1) is 19.5. The summed E-state index contributed by atoms with van der Waals surface area (Å²) in [6.07, 6.45) is 3.87. The summed E-state index contributed by atoms with van der Waals surface area (Å²) in [5, 5.41) is 14.6. The summed E-state index contributed by atoms with van der Waals surface area (Å²) in [4.78, 5) is 14.2. The molecular weight excluding hydrogens is 508 g/mol. The maximum atomic E-state index is 14.2. The Labute approximate surface area is 242 Å². The molecule has 0 saturated carbocycles. The van der Waals surface area contributed by atoms with Gasteiger partial charge in [0.1, 0.15) is 0 Å². The fraction of sp³-hybridized carbons (Fsp3) is 0.353. The predicted octanol–water partition coefficient (Wildman–Crippen LogP) is 7.08. The molecule has 0 atom stereocenters. The van der Waals surface area contributed by atoms with Crippen molar-refractivity contribution in [3.05, 3.63) is 106 Å². The lowest BCUT2D eigenvalue weighted by Gasteiger charge is -2.29. The summed E-state index contributed by atoms with van der Waals surface area (Å²) in [5.74, 6) is 0.562. The number of aryl methyl sites for hydroxylation is 1. The molecule has 5 aromatic rings. The van der Waals surface area contributed by atoms with Crippen LogP contribution in [0.25, 0.3) is 28.2 Å². The number of tetrazole rings is 1. The molecule has 0 radical (unpaired) electrons. The number of hydrogen-bond acceptors (Lipinski definition) is 4. The zero-order chi connectivity index (χ0) is 29.4. The van der Waals surface area contributed by atoms with Crippen molar-refractivity contribution in [3.63, 3.8) is 0 Å². The Morgan fingerprint density at radius 2 is 1.44 bits per heavy atom. The summed E-state index contributed by atoms with van der Waals surface area (Å²) in [6.45, 7) is 16.0. The number of nitrogens with zero attached hydrogens (tertiary/aromatic N) is 5. The van der Waals surface area contributed by atoms with Gasteiger partial charge in [0.05, 0.1) is 12.2 Å². The summed E-state index contributed by atoms with van der Waals surface area (Å²) >= 11 is 0. The van der Waals surface area contributed by atoms with E-state index in [0.29, 0.717) is 12.4 Å². The maximum Gasteiger partial charge on any atom is 0.333 e. The second-order valence-corrected chi connectivity index (χ2v) is 12.8. The van der Waals surface area contributed by atoms with Gasteiger partial charge in [-0.2, -0.15) is 5.21 Å². The Balaban J connectivity index is 1.56. The van der Waals surface area contributed by atoms with Gasteiger partial charge in [0.2, 0.25) is 5.82 Å². The van der Waals surface area contributed by atoms with E-state index in [9.17, 15) is 4.79 Å². The van der Waals surface area contributed by atoms with E-state index in [2.05, 4.69) is 124 Å². The molecule has 2 heterocycles. The fourth-order valence-electron chi connectivity index (χ4n) is 5.50. The molecule has 7 nitrogen and oxygen atoms in total. The third-order valence-electron chi connectivity index (χ3n) is 7.58. The fourth-order valence-corrected chi connectivity index (χ4v) is 5.50. The van der Waals surface area contributed by atoms with E-state index in [1.165, 1.54) is 11.1 Å². The summed E-state index contributed by atoms with van der Waals surface area (Å²) in [6, 6.07) is 22.9. The number of nitrogens with one attached hydrogen (secondary N) is 1. The molecule has 2 aromatic heterocycles. The molecular formula is C34H40N6O. The second kappa shape index (κ2) is 11.0. The van der Waals surface area contributed by atoms with Gasteiger partial charge in [-0.15, -0.1) is 10.2 Å². The molecule has 7 heteroatoms. The largest absolute Gasteiger partial charge is 0.333 e. The van der Waals surface area contributed by atoms with Gasteiger partial charge in [0.25, 0.3) is 0 Å². The van der Waals surface area contributed by atoms with E-state index < -0.39 is 0 Å². The van der Waals surface area contributed by atoms with Crippen LogP contribution >= 0.6 is 0 Å². The zero-order valence-corrected chi connectivity index (χ0v) is 25.2. The molecule has 5 rings (SSSR count). The van der Waals surface area contributed by atoms with Gasteiger partial charge in [-0.05, 0) is 50.3 Å². The van der Waals surface area contributed by atoms with Crippen molar-refractivity contribution in [2.45, 2.75) is 78.7 Å². The topological polar surface area (TPSA) is 81.4 Å². The molecule has 0 spiro atoms. The molecule has 0 fully saturated rings.